The van der Waals surface area contributed by atoms with Crippen LogP contribution in [0.15, 0.2) is 48.5 Å². The minimum atomic E-state index is -1.25. The molecule has 1 aliphatic heterocycles. The third-order valence-corrected chi connectivity index (χ3v) is 7.02. The van der Waals surface area contributed by atoms with Crippen molar-refractivity contribution in [3.8, 4) is 0 Å². The van der Waals surface area contributed by atoms with Gasteiger partial charge in [-0.3, -0.25) is 14.4 Å². The van der Waals surface area contributed by atoms with E-state index in [1.165, 1.54) is 9.80 Å². The number of hydrogen-bond acceptors (Lipinski definition) is 4. The number of hydrogen-bond donors (Lipinski definition) is 2. The van der Waals surface area contributed by atoms with E-state index in [1.54, 1.807) is 0 Å². The lowest BCUT2D eigenvalue weighted by Crippen LogP contribution is -2.64. The largest absolute Gasteiger partial charge is 0.351 e. The van der Waals surface area contributed by atoms with Gasteiger partial charge in [-0.05, 0) is 42.9 Å². The van der Waals surface area contributed by atoms with Gasteiger partial charge < -0.3 is 20.9 Å². The standard InChI is InChI=1S/C27H32F2N4O3/c28-21-15-20(16-22(29)17-21)26(35)32-13-6-14-33(25(32)24(34)31-12-11-30)27(36)23(19-9-4-5-10-19)18-7-2-1-3-8-18/h1-3,7-8,15-17,19,23,25H,4-6,9-14,30H2,(H,31,34). The van der Waals surface area contributed by atoms with E-state index in [2.05, 4.69) is 5.32 Å². The van der Waals surface area contributed by atoms with Crippen LogP contribution >= 0.6 is 0 Å². The molecule has 0 spiro atoms. The first-order chi connectivity index (χ1) is 17.4. The number of halogens is 2. The molecule has 2 unspecified atom stereocenters. The van der Waals surface area contributed by atoms with Gasteiger partial charge >= 0.3 is 0 Å². The molecule has 0 aromatic heterocycles. The number of amides is 3. The lowest BCUT2D eigenvalue weighted by molar-refractivity contribution is -0.151. The average molecular weight is 499 g/mol. The Morgan fingerprint density at radius 2 is 1.58 bits per heavy atom. The molecule has 1 saturated carbocycles. The Bertz CT molecular complexity index is 1070. The Morgan fingerprint density at radius 1 is 0.944 bits per heavy atom. The second-order valence-corrected chi connectivity index (χ2v) is 9.43. The van der Waals surface area contributed by atoms with Gasteiger partial charge in [-0.1, -0.05) is 43.2 Å². The predicted octanol–water partition coefficient (Wildman–Crippen LogP) is 3.01. The molecule has 36 heavy (non-hydrogen) atoms. The van der Waals surface area contributed by atoms with Crippen molar-refractivity contribution < 1.29 is 23.2 Å². The Morgan fingerprint density at radius 3 is 2.22 bits per heavy atom. The van der Waals surface area contributed by atoms with Crippen LogP contribution in [0.2, 0.25) is 0 Å². The quantitative estimate of drug-likeness (QED) is 0.614. The molecule has 2 fully saturated rings. The van der Waals surface area contributed by atoms with Crippen molar-refractivity contribution in [3.05, 3.63) is 71.3 Å². The van der Waals surface area contributed by atoms with Crippen molar-refractivity contribution in [2.24, 2.45) is 11.7 Å². The molecule has 3 amide bonds. The van der Waals surface area contributed by atoms with Crippen LogP contribution in [-0.4, -0.2) is 59.9 Å². The highest BCUT2D eigenvalue weighted by molar-refractivity contribution is 5.99. The van der Waals surface area contributed by atoms with Crippen molar-refractivity contribution in [2.75, 3.05) is 26.2 Å². The maximum Gasteiger partial charge on any atom is 0.263 e. The number of rotatable bonds is 7. The summed E-state index contributed by atoms with van der Waals surface area (Å²) in [7, 11) is 0. The molecule has 9 heteroatoms. The van der Waals surface area contributed by atoms with Gasteiger partial charge in [-0.25, -0.2) is 8.78 Å². The van der Waals surface area contributed by atoms with Gasteiger partial charge in [0.2, 0.25) is 5.91 Å². The van der Waals surface area contributed by atoms with E-state index in [0.717, 1.165) is 43.4 Å². The highest BCUT2D eigenvalue weighted by Crippen LogP contribution is 2.39. The summed E-state index contributed by atoms with van der Waals surface area (Å²) in [6.07, 6.45) is 3.09. The zero-order valence-corrected chi connectivity index (χ0v) is 20.2. The summed E-state index contributed by atoms with van der Waals surface area (Å²) in [4.78, 5) is 43.6. The Balaban J connectivity index is 1.70. The summed E-state index contributed by atoms with van der Waals surface area (Å²) < 4.78 is 27.8. The lowest BCUT2D eigenvalue weighted by atomic mass is 9.83. The third kappa shape index (κ3) is 5.56. The minimum absolute atomic E-state index is 0.135. The van der Waals surface area contributed by atoms with E-state index in [4.69, 9.17) is 5.73 Å². The summed E-state index contributed by atoms with van der Waals surface area (Å²) in [5.41, 5.74) is 6.23. The smallest absolute Gasteiger partial charge is 0.263 e. The lowest BCUT2D eigenvalue weighted by Gasteiger charge is -2.44. The zero-order valence-electron chi connectivity index (χ0n) is 20.2. The normalized spacial score (nSPS) is 19.2. The van der Waals surface area contributed by atoms with Gasteiger partial charge in [0.25, 0.3) is 11.8 Å². The summed E-state index contributed by atoms with van der Waals surface area (Å²) in [6, 6.07) is 12.1. The van der Waals surface area contributed by atoms with Crippen molar-refractivity contribution in [1.82, 2.24) is 15.1 Å². The van der Waals surface area contributed by atoms with E-state index in [-0.39, 0.29) is 43.6 Å². The number of benzene rings is 2. The van der Waals surface area contributed by atoms with Gasteiger partial charge in [0.15, 0.2) is 6.17 Å². The topological polar surface area (TPSA) is 95.7 Å². The van der Waals surface area contributed by atoms with Crippen molar-refractivity contribution in [1.29, 1.82) is 0 Å². The number of carbonyl (C=O) groups is 3. The zero-order chi connectivity index (χ0) is 25.7. The van der Waals surface area contributed by atoms with Crippen molar-refractivity contribution >= 4 is 17.7 Å². The molecule has 2 aromatic rings. The van der Waals surface area contributed by atoms with Crippen LogP contribution in [0.3, 0.4) is 0 Å². The van der Waals surface area contributed by atoms with Crippen LogP contribution in [0.25, 0.3) is 0 Å². The number of nitrogens with two attached hydrogens (primary N) is 1. The fourth-order valence-electron chi connectivity index (χ4n) is 5.43. The predicted molar refractivity (Wildman–Crippen MR) is 131 cm³/mol. The van der Waals surface area contributed by atoms with E-state index < -0.39 is 35.5 Å². The maximum absolute atomic E-state index is 14.2. The SMILES string of the molecule is NCCNC(=O)C1N(C(=O)c2cc(F)cc(F)c2)CCCN1C(=O)C(c1ccccc1)C1CCCC1. The van der Waals surface area contributed by atoms with Crippen LogP contribution in [-0.2, 0) is 9.59 Å². The molecular formula is C27H32F2N4O3. The molecule has 2 aliphatic rings. The van der Waals surface area contributed by atoms with E-state index in [0.29, 0.717) is 12.5 Å². The first-order valence-corrected chi connectivity index (χ1v) is 12.5. The molecule has 7 nitrogen and oxygen atoms in total. The molecule has 1 saturated heterocycles. The molecule has 0 bridgehead atoms. The average Bonchev–Trinajstić information content (AvgIpc) is 3.41. The first kappa shape index (κ1) is 25.8. The van der Waals surface area contributed by atoms with Crippen molar-refractivity contribution in [3.63, 3.8) is 0 Å². The molecule has 192 valence electrons. The second kappa shape index (κ2) is 11.6. The monoisotopic (exact) mass is 498 g/mol. The highest BCUT2D eigenvalue weighted by Gasteiger charge is 2.44. The Kier molecular flexibility index (Phi) is 8.30. The third-order valence-electron chi connectivity index (χ3n) is 7.02. The molecular weight excluding hydrogens is 466 g/mol. The Labute approximate surface area is 209 Å². The number of nitrogens with zero attached hydrogens (tertiary/aromatic N) is 2. The van der Waals surface area contributed by atoms with E-state index >= 15 is 0 Å². The van der Waals surface area contributed by atoms with Gasteiger partial charge in [-0.2, -0.15) is 0 Å². The van der Waals surface area contributed by atoms with E-state index in [9.17, 15) is 23.2 Å². The van der Waals surface area contributed by atoms with Gasteiger partial charge in [-0.15, -0.1) is 0 Å². The highest BCUT2D eigenvalue weighted by atomic mass is 19.1. The van der Waals surface area contributed by atoms with Gasteiger partial charge in [0.05, 0.1) is 5.92 Å². The molecule has 2 aromatic carbocycles. The minimum Gasteiger partial charge on any atom is -0.351 e. The van der Waals surface area contributed by atoms with Gasteiger partial charge in [0, 0.05) is 37.8 Å². The molecule has 2 atom stereocenters. The van der Waals surface area contributed by atoms with E-state index in [1.807, 2.05) is 30.3 Å². The fraction of sp³-hybridized carbons (Fsp3) is 0.444. The molecule has 1 aliphatic carbocycles. The molecule has 1 heterocycles. The van der Waals surface area contributed by atoms with Crippen LogP contribution in [0.4, 0.5) is 8.78 Å². The summed E-state index contributed by atoms with van der Waals surface area (Å²) in [5.74, 6) is -3.57. The van der Waals surface area contributed by atoms with Crippen molar-refractivity contribution in [2.45, 2.75) is 44.2 Å². The first-order valence-electron chi connectivity index (χ1n) is 12.5. The molecule has 4 rings (SSSR count). The van der Waals surface area contributed by atoms with Crippen LogP contribution in [0.1, 0.15) is 53.9 Å². The fourth-order valence-corrected chi connectivity index (χ4v) is 5.43. The van der Waals surface area contributed by atoms with Crippen LogP contribution in [0.5, 0.6) is 0 Å². The molecule has 3 N–H and O–H groups in total. The van der Waals surface area contributed by atoms with Crippen LogP contribution in [0, 0.1) is 17.6 Å². The summed E-state index contributed by atoms with van der Waals surface area (Å²) in [6.45, 7) is 0.806. The second-order valence-electron chi connectivity index (χ2n) is 9.43. The Hall–Kier alpha value is -3.33. The summed E-state index contributed by atoms with van der Waals surface area (Å²) >= 11 is 0. The maximum atomic E-state index is 14.2. The number of carbonyl (C=O) groups excluding carboxylic acids is 3. The van der Waals surface area contributed by atoms with Crippen LogP contribution < -0.4 is 11.1 Å². The number of nitrogens with one attached hydrogen (secondary N) is 1. The molecule has 0 radical (unpaired) electrons. The van der Waals surface area contributed by atoms with Gasteiger partial charge in [0.1, 0.15) is 11.6 Å². The summed E-state index contributed by atoms with van der Waals surface area (Å²) in [5, 5.41) is 2.69.